The standard InChI is InChI=1S/C16H22N4O4S3/c1-10(2)25-16-19-18-15(26-16)17-14(21)11(3)24-13-8-6-12(7-9-13)20(4)27(5,22)23/h6-11H,1-5H3,(H,17,18,21)/t11-/m1/s1. The van der Waals surface area contributed by atoms with Gasteiger partial charge in [0.05, 0.1) is 11.9 Å². The summed E-state index contributed by atoms with van der Waals surface area (Å²) in [6.07, 6.45) is 0.371. The van der Waals surface area contributed by atoms with E-state index in [0.29, 0.717) is 21.8 Å². The lowest BCUT2D eigenvalue weighted by Gasteiger charge is -2.18. The van der Waals surface area contributed by atoms with Crippen LogP contribution in [0.4, 0.5) is 10.8 Å². The molecule has 1 amide bonds. The summed E-state index contributed by atoms with van der Waals surface area (Å²) in [4.78, 5) is 12.3. The van der Waals surface area contributed by atoms with Crippen molar-refractivity contribution in [2.45, 2.75) is 36.5 Å². The molecule has 0 aliphatic heterocycles. The molecule has 0 unspecified atom stereocenters. The van der Waals surface area contributed by atoms with Crippen molar-refractivity contribution in [3.63, 3.8) is 0 Å². The average Bonchev–Trinajstić information content (AvgIpc) is 3.00. The molecule has 11 heteroatoms. The number of aromatic nitrogens is 2. The van der Waals surface area contributed by atoms with Crippen LogP contribution in [0.1, 0.15) is 20.8 Å². The molecule has 2 rings (SSSR count). The maximum atomic E-state index is 12.3. The molecule has 27 heavy (non-hydrogen) atoms. The second-order valence-electron chi connectivity index (χ2n) is 6.01. The van der Waals surface area contributed by atoms with E-state index in [1.807, 2.05) is 0 Å². The third kappa shape index (κ3) is 6.36. The Morgan fingerprint density at radius 2 is 1.85 bits per heavy atom. The van der Waals surface area contributed by atoms with Crippen LogP contribution in [0, 0.1) is 0 Å². The van der Waals surface area contributed by atoms with E-state index < -0.39 is 16.1 Å². The Kier molecular flexibility index (Phi) is 7.06. The average molecular weight is 431 g/mol. The van der Waals surface area contributed by atoms with Crippen molar-refractivity contribution in [1.29, 1.82) is 0 Å². The van der Waals surface area contributed by atoms with Gasteiger partial charge in [-0.25, -0.2) is 8.42 Å². The number of ether oxygens (including phenoxy) is 1. The third-order valence-corrected chi connectivity index (χ3v) is 6.49. The molecule has 1 aromatic carbocycles. The van der Waals surface area contributed by atoms with Gasteiger partial charge in [0.25, 0.3) is 5.91 Å². The topological polar surface area (TPSA) is 101 Å². The van der Waals surface area contributed by atoms with Crippen LogP contribution in [-0.2, 0) is 14.8 Å². The molecule has 0 fully saturated rings. The normalized spacial score (nSPS) is 12.7. The van der Waals surface area contributed by atoms with Gasteiger partial charge < -0.3 is 4.74 Å². The van der Waals surface area contributed by atoms with Crippen molar-refractivity contribution < 1.29 is 17.9 Å². The SMILES string of the molecule is CC(C)Sc1nnc(NC(=O)[C@@H](C)Oc2ccc(N(C)S(C)(=O)=O)cc2)s1. The van der Waals surface area contributed by atoms with E-state index in [2.05, 4.69) is 29.4 Å². The summed E-state index contributed by atoms with van der Waals surface area (Å²) in [7, 11) is -1.86. The highest BCUT2D eigenvalue weighted by atomic mass is 32.2. The number of hydrogen-bond donors (Lipinski definition) is 1. The Labute approximate surface area is 167 Å². The Balaban J connectivity index is 1.95. The molecule has 8 nitrogen and oxygen atoms in total. The first-order valence-electron chi connectivity index (χ1n) is 8.08. The molecule has 0 aliphatic rings. The van der Waals surface area contributed by atoms with E-state index in [4.69, 9.17) is 4.74 Å². The summed E-state index contributed by atoms with van der Waals surface area (Å²) in [6, 6.07) is 6.45. The zero-order valence-electron chi connectivity index (χ0n) is 15.7. The minimum Gasteiger partial charge on any atom is -0.481 e. The first-order valence-corrected chi connectivity index (χ1v) is 11.6. The van der Waals surface area contributed by atoms with E-state index in [1.165, 1.54) is 18.4 Å². The van der Waals surface area contributed by atoms with Gasteiger partial charge in [0, 0.05) is 12.3 Å². The van der Waals surface area contributed by atoms with E-state index in [0.717, 1.165) is 14.9 Å². The van der Waals surface area contributed by atoms with Gasteiger partial charge in [-0.3, -0.25) is 14.4 Å². The molecule has 1 aromatic heterocycles. The third-order valence-electron chi connectivity index (χ3n) is 3.35. The smallest absolute Gasteiger partial charge is 0.266 e. The Morgan fingerprint density at radius 3 is 2.41 bits per heavy atom. The fourth-order valence-electron chi connectivity index (χ4n) is 1.90. The number of sulfonamides is 1. The number of carbonyl (C=O) groups excluding carboxylic acids is 1. The molecule has 1 atom stereocenters. The molecule has 0 aliphatic carbocycles. The van der Waals surface area contributed by atoms with Crippen LogP contribution < -0.4 is 14.4 Å². The minimum absolute atomic E-state index is 0.343. The lowest BCUT2D eigenvalue weighted by molar-refractivity contribution is -0.122. The number of nitrogens with one attached hydrogen (secondary N) is 1. The Hall–Kier alpha value is -1.85. The summed E-state index contributed by atoms with van der Waals surface area (Å²) in [6.45, 7) is 5.73. The van der Waals surface area contributed by atoms with Crippen LogP contribution in [0.5, 0.6) is 5.75 Å². The molecule has 1 N–H and O–H groups in total. The molecule has 0 radical (unpaired) electrons. The van der Waals surface area contributed by atoms with Gasteiger partial charge in [-0.15, -0.1) is 10.2 Å². The zero-order chi connectivity index (χ0) is 20.2. The van der Waals surface area contributed by atoms with Crippen molar-refractivity contribution in [1.82, 2.24) is 10.2 Å². The highest BCUT2D eigenvalue weighted by Crippen LogP contribution is 2.28. The Morgan fingerprint density at radius 1 is 1.22 bits per heavy atom. The number of amides is 1. The number of thioether (sulfide) groups is 1. The number of rotatable bonds is 8. The zero-order valence-corrected chi connectivity index (χ0v) is 18.1. The molecule has 1 heterocycles. The quantitative estimate of drug-likeness (QED) is 0.507. The van der Waals surface area contributed by atoms with Crippen molar-refractivity contribution in [3.05, 3.63) is 24.3 Å². The largest absolute Gasteiger partial charge is 0.481 e. The molecule has 2 aromatic rings. The first kappa shape index (κ1) is 21.5. The van der Waals surface area contributed by atoms with Crippen molar-refractivity contribution in [2.24, 2.45) is 0 Å². The second kappa shape index (κ2) is 8.89. The van der Waals surface area contributed by atoms with Crippen molar-refractivity contribution in [3.8, 4) is 5.75 Å². The van der Waals surface area contributed by atoms with Gasteiger partial charge in [-0.2, -0.15) is 0 Å². The van der Waals surface area contributed by atoms with Gasteiger partial charge >= 0.3 is 0 Å². The second-order valence-corrected chi connectivity index (χ2v) is 10.8. The molecule has 148 valence electrons. The van der Waals surface area contributed by atoms with E-state index >= 15 is 0 Å². The number of nitrogens with zero attached hydrogens (tertiary/aromatic N) is 3. The molecular formula is C16H22N4O4S3. The minimum atomic E-state index is -3.33. The van der Waals surface area contributed by atoms with Crippen LogP contribution in [0.3, 0.4) is 0 Å². The van der Waals surface area contributed by atoms with Gasteiger partial charge in [-0.1, -0.05) is 36.9 Å². The molecular weight excluding hydrogens is 408 g/mol. The number of benzene rings is 1. The van der Waals surface area contributed by atoms with E-state index in [1.54, 1.807) is 43.0 Å². The monoisotopic (exact) mass is 430 g/mol. The summed E-state index contributed by atoms with van der Waals surface area (Å²) >= 11 is 2.89. The maximum absolute atomic E-state index is 12.3. The van der Waals surface area contributed by atoms with Crippen LogP contribution in [-0.4, -0.2) is 49.2 Å². The lowest BCUT2D eigenvalue weighted by atomic mass is 10.3. The number of carbonyl (C=O) groups is 1. The van der Waals surface area contributed by atoms with Gasteiger partial charge in [-0.05, 0) is 31.2 Å². The summed E-state index contributed by atoms with van der Waals surface area (Å²) < 4.78 is 30.7. The fraction of sp³-hybridized carbons (Fsp3) is 0.438. The molecule has 0 saturated carbocycles. The van der Waals surface area contributed by atoms with E-state index in [9.17, 15) is 13.2 Å². The van der Waals surface area contributed by atoms with Crippen LogP contribution >= 0.6 is 23.1 Å². The predicted molar refractivity (Wildman–Crippen MR) is 109 cm³/mol. The first-order chi connectivity index (χ1) is 12.6. The van der Waals surface area contributed by atoms with Gasteiger partial charge in [0.2, 0.25) is 15.2 Å². The summed E-state index contributed by atoms with van der Waals surface area (Å²) in [5.74, 6) is 0.112. The number of hydrogen-bond acceptors (Lipinski definition) is 8. The highest BCUT2D eigenvalue weighted by Gasteiger charge is 2.18. The van der Waals surface area contributed by atoms with Crippen LogP contribution in [0.15, 0.2) is 28.6 Å². The van der Waals surface area contributed by atoms with Gasteiger partial charge in [0.1, 0.15) is 5.75 Å². The highest BCUT2D eigenvalue weighted by molar-refractivity contribution is 8.01. The lowest BCUT2D eigenvalue weighted by Crippen LogP contribution is -2.30. The van der Waals surface area contributed by atoms with Crippen LogP contribution in [0.25, 0.3) is 0 Å². The number of anilines is 2. The van der Waals surface area contributed by atoms with Crippen LogP contribution in [0.2, 0.25) is 0 Å². The van der Waals surface area contributed by atoms with Crippen molar-refractivity contribution >= 4 is 49.8 Å². The predicted octanol–water partition coefficient (Wildman–Crippen LogP) is 2.84. The molecule has 0 saturated heterocycles. The fourth-order valence-corrected chi connectivity index (χ4v) is 4.38. The van der Waals surface area contributed by atoms with E-state index in [-0.39, 0.29) is 5.91 Å². The maximum Gasteiger partial charge on any atom is 0.266 e. The Bertz CT molecular complexity index is 881. The summed E-state index contributed by atoms with van der Waals surface area (Å²) in [5.41, 5.74) is 0.506. The van der Waals surface area contributed by atoms with Crippen molar-refractivity contribution in [2.75, 3.05) is 22.9 Å². The van der Waals surface area contributed by atoms with Gasteiger partial charge in [0.15, 0.2) is 10.4 Å². The molecule has 0 spiro atoms. The summed E-state index contributed by atoms with van der Waals surface area (Å²) in [5, 5.41) is 11.5. The molecule has 0 bridgehead atoms.